The lowest BCUT2D eigenvalue weighted by Gasteiger charge is -2.28. The molecule has 0 aliphatic carbocycles. The van der Waals surface area contributed by atoms with Crippen LogP contribution in [0, 0.1) is 5.92 Å². The van der Waals surface area contributed by atoms with Crippen molar-refractivity contribution in [2.45, 2.75) is 32.2 Å². The number of anilines is 1. The molecule has 2 aliphatic heterocycles. The van der Waals surface area contributed by atoms with Crippen molar-refractivity contribution in [2.24, 2.45) is 5.92 Å². The summed E-state index contributed by atoms with van der Waals surface area (Å²) in [5.74, 6) is 1.43. The van der Waals surface area contributed by atoms with Crippen LogP contribution in [0.4, 0.5) is 5.69 Å². The third-order valence-corrected chi connectivity index (χ3v) is 5.10. The Bertz CT molecular complexity index is 499. The molecule has 1 atom stereocenters. The number of para-hydroxylation sites is 1. The lowest BCUT2D eigenvalue weighted by atomic mass is 10.1. The Labute approximate surface area is 132 Å². The second kappa shape index (κ2) is 6.84. The summed E-state index contributed by atoms with van der Waals surface area (Å²) in [6, 6.07) is 8.39. The maximum atomic E-state index is 12.3. The van der Waals surface area contributed by atoms with Gasteiger partial charge in [-0.25, -0.2) is 0 Å². The molecule has 1 amide bonds. The molecule has 114 valence electrons. The average Bonchev–Trinajstić information content (AvgIpc) is 2.90. The minimum Gasteiger partial charge on any atom is -0.312 e. The highest BCUT2D eigenvalue weighted by molar-refractivity contribution is 7.80. The molecule has 2 aliphatic rings. The normalized spacial score (nSPS) is 23.8. The van der Waals surface area contributed by atoms with Crippen LogP contribution >= 0.6 is 12.6 Å². The van der Waals surface area contributed by atoms with Crippen LogP contribution in [0.1, 0.15) is 31.2 Å². The first-order chi connectivity index (χ1) is 10.3. The number of hydrogen-bond donors (Lipinski definition) is 1. The van der Waals surface area contributed by atoms with Gasteiger partial charge in [-0.1, -0.05) is 24.6 Å². The predicted molar refractivity (Wildman–Crippen MR) is 89.9 cm³/mol. The van der Waals surface area contributed by atoms with Gasteiger partial charge >= 0.3 is 0 Å². The van der Waals surface area contributed by atoms with E-state index in [9.17, 15) is 4.79 Å². The van der Waals surface area contributed by atoms with E-state index in [0.717, 1.165) is 24.5 Å². The fourth-order valence-electron chi connectivity index (χ4n) is 3.40. The smallest absolute Gasteiger partial charge is 0.227 e. The van der Waals surface area contributed by atoms with Crippen LogP contribution in [0.5, 0.6) is 0 Å². The molecule has 0 saturated carbocycles. The summed E-state index contributed by atoms with van der Waals surface area (Å²) < 4.78 is 0. The molecule has 2 heterocycles. The van der Waals surface area contributed by atoms with Gasteiger partial charge in [-0.15, -0.1) is 0 Å². The zero-order valence-electron chi connectivity index (χ0n) is 12.5. The van der Waals surface area contributed by atoms with Gasteiger partial charge in [0, 0.05) is 25.2 Å². The molecule has 0 N–H and O–H groups in total. The fourth-order valence-corrected chi connectivity index (χ4v) is 3.65. The summed E-state index contributed by atoms with van der Waals surface area (Å²) in [5.41, 5.74) is 2.39. The Morgan fingerprint density at radius 3 is 2.62 bits per heavy atom. The lowest BCUT2D eigenvalue weighted by Crippen LogP contribution is -2.31. The molecular formula is C17H24N2OS. The molecule has 1 aromatic carbocycles. The van der Waals surface area contributed by atoms with Gasteiger partial charge < -0.3 is 4.90 Å². The van der Waals surface area contributed by atoms with E-state index in [1.54, 1.807) is 0 Å². The van der Waals surface area contributed by atoms with Crippen molar-refractivity contribution < 1.29 is 4.79 Å². The summed E-state index contributed by atoms with van der Waals surface area (Å²) in [7, 11) is 0. The SMILES string of the molecule is O=C1CC(CS)CN1c1ccccc1CN1CCCCC1. The van der Waals surface area contributed by atoms with Crippen LogP contribution in [-0.4, -0.2) is 36.2 Å². The summed E-state index contributed by atoms with van der Waals surface area (Å²) in [6.45, 7) is 4.15. The third-order valence-electron chi connectivity index (χ3n) is 4.59. The molecule has 1 unspecified atom stereocenters. The van der Waals surface area contributed by atoms with E-state index in [1.165, 1.54) is 37.9 Å². The van der Waals surface area contributed by atoms with E-state index in [0.29, 0.717) is 12.3 Å². The van der Waals surface area contributed by atoms with Crippen LogP contribution in [0.25, 0.3) is 0 Å². The number of carbonyl (C=O) groups excluding carboxylic acids is 1. The molecule has 1 aromatic rings. The number of benzene rings is 1. The van der Waals surface area contributed by atoms with Crippen molar-refractivity contribution in [1.82, 2.24) is 4.90 Å². The second-order valence-corrected chi connectivity index (χ2v) is 6.59. The zero-order valence-corrected chi connectivity index (χ0v) is 13.4. The molecule has 2 saturated heterocycles. The van der Waals surface area contributed by atoms with Gasteiger partial charge in [-0.05, 0) is 49.2 Å². The first kappa shape index (κ1) is 14.9. The van der Waals surface area contributed by atoms with E-state index >= 15 is 0 Å². The van der Waals surface area contributed by atoms with Gasteiger partial charge in [-0.2, -0.15) is 12.6 Å². The summed E-state index contributed by atoms with van der Waals surface area (Å²) >= 11 is 4.35. The summed E-state index contributed by atoms with van der Waals surface area (Å²) in [5, 5.41) is 0. The first-order valence-electron chi connectivity index (χ1n) is 7.99. The van der Waals surface area contributed by atoms with Gasteiger partial charge in [0.05, 0.1) is 0 Å². The van der Waals surface area contributed by atoms with Crippen molar-refractivity contribution in [3.63, 3.8) is 0 Å². The second-order valence-electron chi connectivity index (χ2n) is 6.22. The molecule has 3 nitrogen and oxygen atoms in total. The molecule has 0 bridgehead atoms. The Hall–Kier alpha value is -1.00. The van der Waals surface area contributed by atoms with Crippen LogP contribution < -0.4 is 4.90 Å². The quantitative estimate of drug-likeness (QED) is 0.865. The maximum absolute atomic E-state index is 12.3. The van der Waals surface area contributed by atoms with Crippen molar-refractivity contribution in [3.05, 3.63) is 29.8 Å². The Morgan fingerprint density at radius 2 is 1.90 bits per heavy atom. The molecular weight excluding hydrogens is 280 g/mol. The number of rotatable bonds is 4. The van der Waals surface area contributed by atoms with E-state index < -0.39 is 0 Å². The maximum Gasteiger partial charge on any atom is 0.227 e. The number of carbonyl (C=O) groups is 1. The highest BCUT2D eigenvalue weighted by Crippen LogP contribution is 2.29. The highest BCUT2D eigenvalue weighted by atomic mass is 32.1. The molecule has 2 fully saturated rings. The Kier molecular flexibility index (Phi) is 4.86. The van der Waals surface area contributed by atoms with Crippen LogP contribution in [0.2, 0.25) is 0 Å². The van der Waals surface area contributed by atoms with Crippen LogP contribution in [-0.2, 0) is 11.3 Å². The van der Waals surface area contributed by atoms with Gasteiger partial charge in [0.2, 0.25) is 5.91 Å². The van der Waals surface area contributed by atoms with Gasteiger partial charge in [-0.3, -0.25) is 9.69 Å². The number of nitrogens with zero attached hydrogens (tertiary/aromatic N) is 2. The number of hydrogen-bond acceptors (Lipinski definition) is 3. The fraction of sp³-hybridized carbons (Fsp3) is 0.588. The van der Waals surface area contributed by atoms with Gasteiger partial charge in [0.1, 0.15) is 0 Å². The van der Waals surface area contributed by atoms with E-state index in [4.69, 9.17) is 0 Å². The molecule has 0 spiro atoms. The van der Waals surface area contributed by atoms with Crippen molar-refractivity contribution in [3.8, 4) is 0 Å². The largest absolute Gasteiger partial charge is 0.312 e. The molecule has 0 radical (unpaired) electrons. The standard InChI is InChI=1S/C17H24N2OS/c20-17-10-14(13-21)11-19(17)16-7-3-2-6-15(16)12-18-8-4-1-5-9-18/h2-3,6-7,14,21H,1,4-5,8-13H2. The molecule has 3 rings (SSSR count). The minimum absolute atomic E-state index is 0.250. The van der Waals surface area contributed by atoms with E-state index in [-0.39, 0.29) is 5.91 Å². The number of likely N-dealkylation sites (tertiary alicyclic amines) is 1. The monoisotopic (exact) mass is 304 g/mol. The van der Waals surface area contributed by atoms with E-state index in [1.807, 2.05) is 11.0 Å². The Morgan fingerprint density at radius 1 is 1.14 bits per heavy atom. The van der Waals surface area contributed by atoms with Crippen molar-refractivity contribution in [2.75, 3.05) is 30.3 Å². The van der Waals surface area contributed by atoms with E-state index in [2.05, 4.69) is 35.7 Å². The minimum atomic E-state index is 0.250. The zero-order chi connectivity index (χ0) is 14.7. The van der Waals surface area contributed by atoms with Crippen molar-refractivity contribution >= 4 is 24.2 Å². The van der Waals surface area contributed by atoms with Gasteiger partial charge in [0.15, 0.2) is 0 Å². The molecule has 0 aromatic heterocycles. The summed E-state index contributed by atoms with van der Waals surface area (Å²) in [4.78, 5) is 16.8. The predicted octanol–water partition coefficient (Wildman–Crippen LogP) is 2.96. The molecule has 4 heteroatoms. The Balaban J connectivity index is 1.77. The van der Waals surface area contributed by atoms with Crippen LogP contribution in [0.3, 0.4) is 0 Å². The van der Waals surface area contributed by atoms with Gasteiger partial charge in [0.25, 0.3) is 0 Å². The number of thiol groups is 1. The first-order valence-corrected chi connectivity index (χ1v) is 8.62. The highest BCUT2D eigenvalue weighted by Gasteiger charge is 2.30. The molecule has 21 heavy (non-hydrogen) atoms. The number of piperidine rings is 1. The number of amides is 1. The third kappa shape index (κ3) is 3.43. The average molecular weight is 304 g/mol. The topological polar surface area (TPSA) is 23.6 Å². The van der Waals surface area contributed by atoms with Crippen molar-refractivity contribution in [1.29, 1.82) is 0 Å². The van der Waals surface area contributed by atoms with Crippen LogP contribution in [0.15, 0.2) is 24.3 Å². The summed E-state index contributed by atoms with van der Waals surface area (Å²) in [6.07, 6.45) is 4.59. The lowest BCUT2D eigenvalue weighted by molar-refractivity contribution is -0.117.